The average molecular weight is 463 g/mol. The molecule has 10 heteroatoms. The lowest BCUT2D eigenvalue weighted by atomic mass is 9.58. The molecule has 0 bridgehead atoms. The van der Waals surface area contributed by atoms with E-state index in [0.29, 0.717) is 28.4 Å². The van der Waals surface area contributed by atoms with E-state index in [1.165, 1.54) is 26.2 Å². The summed E-state index contributed by atoms with van der Waals surface area (Å²) >= 11 is 0. The number of nitrogens with two attached hydrogens (primary N) is 1. The maximum Gasteiger partial charge on any atom is 0.410 e. The number of fused-ring (bicyclic) bond motifs is 1. The van der Waals surface area contributed by atoms with Crippen molar-refractivity contribution in [3.05, 3.63) is 40.6 Å². The van der Waals surface area contributed by atoms with Gasteiger partial charge in [-0.1, -0.05) is 6.08 Å². The van der Waals surface area contributed by atoms with Crippen LogP contribution in [0.2, 0.25) is 0 Å². The second-order valence-corrected chi connectivity index (χ2v) is 7.74. The summed E-state index contributed by atoms with van der Waals surface area (Å²) in [5.41, 5.74) is 5.52. The number of amides is 1. The van der Waals surface area contributed by atoms with Crippen LogP contribution in [-0.2, 0) is 4.74 Å². The van der Waals surface area contributed by atoms with Crippen molar-refractivity contribution >= 4 is 6.09 Å². The Morgan fingerprint density at radius 2 is 1.76 bits per heavy atom. The molecule has 0 radical (unpaired) electrons. The minimum Gasteiger partial charge on any atom is -0.493 e. The molecule has 2 aliphatic rings. The first-order valence-electron chi connectivity index (χ1n) is 10.5. The van der Waals surface area contributed by atoms with Crippen LogP contribution in [-0.4, -0.2) is 52.0 Å². The molecule has 0 fully saturated rings. The number of benzene rings is 1. The Labute approximate surface area is 198 Å². The third-order valence-electron chi connectivity index (χ3n) is 6.24. The molecule has 2 N–H and O–H groups in total. The van der Waals surface area contributed by atoms with E-state index in [-0.39, 0.29) is 31.0 Å². The molecule has 34 heavy (non-hydrogen) atoms. The SMILES string of the molecule is CCOC(=O)N1CC=C2C(C#N)=C(N)C(C#N)(C#N)[C@H](c3cc(OC)c(OC)c(OC)c3)[C@H]2C1. The van der Waals surface area contributed by atoms with Gasteiger partial charge in [0, 0.05) is 24.9 Å². The average Bonchev–Trinajstić information content (AvgIpc) is 2.87. The van der Waals surface area contributed by atoms with E-state index in [9.17, 15) is 20.6 Å². The molecule has 0 unspecified atom stereocenters. The maximum absolute atomic E-state index is 12.5. The van der Waals surface area contributed by atoms with Gasteiger partial charge in [0.25, 0.3) is 0 Å². The van der Waals surface area contributed by atoms with E-state index in [1.54, 1.807) is 25.1 Å². The summed E-state index contributed by atoms with van der Waals surface area (Å²) in [5.74, 6) is -0.436. The van der Waals surface area contributed by atoms with Crippen LogP contribution in [0.3, 0.4) is 0 Å². The van der Waals surface area contributed by atoms with Gasteiger partial charge in [0.05, 0.1) is 51.3 Å². The Morgan fingerprint density at radius 3 is 2.24 bits per heavy atom. The van der Waals surface area contributed by atoms with Gasteiger partial charge in [-0.2, -0.15) is 15.8 Å². The summed E-state index contributed by atoms with van der Waals surface area (Å²) in [7, 11) is 4.38. The van der Waals surface area contributed by atoms with Crippen molar-refractivity contribution in [2.24, 2.45) is 17.1 Å². The predicted molar refractivity (Wildman–Crippen MR) is 119 cm³/mol. The fourth-order valence-corrected chi connectivity index (χ4v) is 4.70. The molecule has 1 aromatic rings. The van der Waals surface area contributed by atoms with Crippen LogP contribution in [0.4, 0.5) is 4.79 Å². The van der Waals surface area contributed by atoms with Gasteiger partial charge in [-0.05, 0) is 30.2 Å². The molecule has 1 aliphatic heterocycles. The summed E-state index contributed by atoms with van der Waals surface area (Å²) in [6, 6.07) is 9.50. The summed E-state index contributed by atoms with van der Waals surface area (Å²) in [6.45, 7) is 2.23. The van der Waals surface area contributed by atoms with Crippen LogP contribution < -0.4 is 19.9 Å². The number of rotatable bonds is 5. The second kappa shape index (κ2) is 9.64. The zero-order chi connectivity index (χ0) is 25.0. The molecule has 0 saturated heterocycles. The van der Waals surface area contributed by atoms with Crippen LogP contribution in [0, 0.1) is 45.3 Å². The molecule has 1 heterocycles. The van der Waals surface area contributed by atoms with Crippen LogP contribution in [0.25, 0.3) is 0 Å². The summed E-state index contributed by atoms with van der Waals surface area (Å²) in [5, 5.41) is 30.4. The molecule has 0 aromatic heterocycles. The van der Waals surface area contributed by atoms with Gasteiger partial charge in [0.15, 0.2) is 16.9 Å². The standard InChI is InChI=1S/C24H25N5O5/c1-5-34-23(30)29-7-6-15-16(10-25)22(28)24(12-26,13-27)20(17(15)11-29)14-8-18(31-2)21(33-4)19(9-14)32-3/h6,8-9,17,20H,5,7,11,28H2,1-4H3/t17-,20+/m0/s1. The number of carbonyl (C=O) groups is 1. The Balaban J connectivity index is 2.32. The van der Waals surface area contributed by atoms with E-state index < -0.39 is 23.3 Å². The number of nitriles is 3. The molecule has 10 nitrogen and oxygen atoms in total. The van der Waals surface area contributed by atoms with Gasteiger partial charge in [0.1, 0.15) is 6.07 Å². The van der Waals surface area contributed by atoms with Crippen molar-refractivity contribution < 1.29 is 23.7 Å². The molecule has 0 spiro atoms. The van der Waals surface area contributed by atoms with Crippen LogP contribution in [0.15, 0.2) is 35.1 Å². The quantitative estimate of drug-likeness (QED) is 0.693. The molecular formula is C24H25N5O5. The van der Waals surface area contributed by atoms with Crippen molar-refractivity contribution in [1.29, 1.82) is 15.8 Å². The monoisotopic (exact) mass is 463 g/mol. The molecule has 1 aliphatic carbocycles. The highest BCUT2D eigenvalue weighted by Gasteiger charge is 2.55. The van der Waals surface area contributed by atoms with E-state index in [0.717, 1.165) is 0 Å². The molecule has 176 valence electrons. The van der Waals surface area contributed by atoms with Crippen molar-refractivity contribution in [2.45, 2.75) is 12.8 Å². The normalized spacial score (nSPS) is 20.6. The highest BCUT2D eigenvalue weighted by molar-refractivity contribution is 5.70. The first-order valence-corrected chi connectivity index (χ1v) is 10.5. The molecule has 2 atom stereocenters. The zero-order valence-corrected chi connectivity index (χ0v) is 19.4. The van der Waals surface area contributed by atoms with Gasteiger partial charge in [-0.3, -0.25) is 0 Å². The zero-order valence-electron chi connectivity index (χ0n) is 19.4. The molecule has 3 rings (SSSR count). The van der Waals surface area contributed by atoms with Gasteiger partial charge in [0.2, 0.25) is 5.75 Å². The van der Waals surface area contributed by atoms with E-state index in [4.69, 9.17) is 24.7 Å². The molecule has 0 saturated carbocycles. The lowest BCUT2D eigenvalue weighted by Crippen LogP contribution is -2.49. The summed E-state index contributed by atoms with van der Waals surface area (Å²) in [4.78, 5) is 14.0. The molecule has 1 aromatic carbocycles. The van der Waals surface area contributed by atoms with E-state index >= 15 is 0 Å². The number of methoxy groups -OCH3 is 3. The topological polar surface area (TPSA) is 155 Å². The number of nitrogens with zero attached hydrogens (tertiary/aromatic N) is 4. The molecular weight excluding hydrogens is 438 g/mol. The Kier molecular flexibility index (Phi) is 6.89. The predicted octanol–water partition coefficient (Wildman–Crippen LogP) is 2.59. The Morgan fingerprint density at radius 1 is 1.15 bits per heavy atom. The van der Waals surface area contributed by atoms with Crippen LogP contribution in [0.1, 0.15) is 18.4 Å². The van der Waals surface area contributed by atoms with Gasteiger partial charge in [-0.25, -0.2) is 4.79 Å². The fourth-order valence-electron chi connectivity index (χ4n) is 4.70. The first-order chi connectivity index (χ1) is 16.4. The smallest absolute Gasteiger partial charge is 0.410 e. The molecule has 1 amide bonds. The maximum atomic E-state index is 12.5. The van der Waals surface area contributed by atoms with Gasteiger partial charge in [-0.15, -0.1) is 0 Å². The van der Waals surface area contributed by atoms with Crippen molar-refractivity contribution in [3.8, 4) is 35.5 Å². The van der Waals surface area contributed by atoms with E-state index in [2.05, 4.69) is 18.2 Å². The van der Waals surface area contributed by atoms with Crippen LogP contribution in [0.5, 0.6) is 17.2 Å². The third-order valence-corrected chi connectivity index (χ3v) is 6.24. The van der Waals surface area contributed by atoms with E-state index in [1.807, 2.05) is 0 Å². The lowest BCUT2D eigenvalue weighted by molar-refractivity contribution is 0.0999. The number of carbonyl (C=O) groups excluding carboxylic acids is 1. The largest absolute Gasteiger partial charge is 0.493 e. The second-order valence-electron chi connectivity index (χ2n) is 7.74. The Hall–Kier alpha value is -4.36. The van der Waals surface area contributed by atoms with Crippen LogP contribution >= 0.6 is 0 Å². The summed E-state index contributed by atoms with van der Waals surface area (Å²) in [6.07, 6.45) is 1.20. The minimum atomic E-state index is -1.88. The van der Waals surface area contributed by atoms with Crippen molar-refractivity contribution in [1.82, 2.24) is 4.90 Å². The van der Waals surface area contributed by atoms with Gasteiger partial charge < -0.3 is 29.6 Å². The fraction of sp³-hybridized carbons (Fsp3) is 0.417. The minimum absolute atomic E-state index is 0.0836. The number of hydrogen-bond donors (Lipinski definition) is 1. The highest BCUT2D eigenvalue weighted by Crippen LogP contribution is 2.55. The summed E-state index contributed by atoms with van der Waals surface area (Å²) < 4.78 is 21.5. The first kappa shape index (κ1) is 24.3. The number of hydrogen-bond acceptors (Lipinski definition) is 9. The van der Waals surface area contributed by atoms with Crippen molar-refractivity contribution in [3.63, 3.8) is 0 Å². The highest BCUT2D eigenvalue weighted by atomic mass is 16.6. The lowest BCUT2D eigenvalue weighted by Gasteiger charge is -2.45. The van der Waals surface area contributed by atoms with Gasteiger partial charge >= 0.3 is 6.09 Å². The number of ether oxygens (including phenoxy) is 4. The third kappa shape index (κ3) is 3.62. The number of allylic oxidation sites excluding steroid dienone is 2. The van der Waals surface area contributed by atoms with Crippen molar-refractivity contribution in [2.75, 3.05) is 41.0 Å². The Bertz CT molecular complexity index is 1140.